The van der Waals surface area contributed by atoms with E-state index < -0.39 is 0 Å². The van der Waals surface area contributed by atoms with E-state index in [2.05, 4.69) is 34.5 Å². The van der Waals surface area contributed by atoms with E-state index in [1.165, 1.54) is 18.4 Å². The molecule has 4 aromatic rings. The number of carbonyl (C=O) groups excluding carboxylic acids is 1. The summed E-state index contributed by atoms with van der Waals surface area (Å²) in [7, 11) is 0. The second kappa shape index (κ2) is 7.92. The number of hydrogen-bond acceptors (Lipinski definition) is 4. The van der Waals surface area contributed by atoms with Crippen LogP contribution >= 0.6 is 0 Å². The van der Waals surface area contributed by atoms with E-state index in [0.29, 0.717) is 28.5 Å². The van der Waals surface area contributed by atoms with Crippen molar-refractivity contribution < 1.29 is 9.21 Å². The van der Waals surface area contributed by atoms with Gasteiger partial charge in [0, 0.05) is 18.2 Å². The highest BCUT2D eigenvalue weighted by Gasteiger charge is 2.35. The van der Waals surface area contributed by atoms with Gasteiger partial charge in [-0.15, -0.1) is 0 Å². The van der Waals surface area contributed by atoms with E-state index in [-0.39, 0.29) is 11.9 Å². The molecule has 3 aromatic carbocycles. The number of carbonyl (C=O) groups is 1. The summed E-state index contributed by atoms with van der Waals surface area (Å²) in [5.74, 6) is 1.05. The number of piperidine rings is 3. The minimum absolute atomic E-state index is 0.0615. The van der Waals surface area contributed by atoms with Crippen LogP contribution in [0.5, 0.6) is 0 Å². The van der Waals surface area contributed by atoms with Crippen molar-refractivity contribution in [2.24, 2.45) is 5.92 Å². The average molecular weight is 424 g/mol. The second-order valence-electron chi connectivity index (χ2n) is 8.83. The van der Waals surface area contributed by atoms with Crippen LogP contribution in [0.3, 0.4) is 0 Å². The molecule has 2 bridgehead atoms. The number of nitrogens with one attached hydrogen (secondary N) is 1. The summed E-state index contributed by atoms with van der Waals surface area (Å²) in [6, 6.07) is 24.2. The zero-order chi connectivity index (χ0) is 21.5. The van der Waals surface area contributed by atoms with Crippen LogP contribution in [-0.4, -0.2) is 41.5 Å². The minimum atomic E-state index is -0.0615. The van der Waals surface area contributed by atoms with Crippen LogP contribution in [0, 0.1) is 5.92 Å². The summed E-state index contributed by atoms with van der Waals surface area (Å²) in [6.45, 7) is 3.26. The number of aromatic nitrogens is 1. The fourth-order valence-electron chi connectivity index (χ4n) is 5.07. The van der Waals surface area contributed by atoms with Gasteiger partial charge in [-0.05, 0) is 67.2 Å². The first-order valence-corrected chi connectivity index (χ1v) is 11.3. The first-order chi connectivity index (χ1) is 15.7. The largest absolute Gasteiger partial charge is 0.436 e. The van der Waals surface area contributed by atoms with E-state index in [1.807, 2.05) is 48.5 Å². The van der Waals surface area contributed by atoms with Crippen molar-refractivity contribution in [1.82, 2.24) is 15.2 Å². The summed E-state index contributed by atoms with van der Waals surface area (Å²) < 4.78 is 6.03. The van der Waals surface area contributed by atoms with E-state index in [4.69, 9.17) is 9.40 Å². The standard InChI is InChI=1S/C27H25N3O2/c31-26(28-23-17-30-15-13-20(23)14-16-30)22-7-4-8-24-25(22)29-27(32-24)21-11-9-19(10-12-21)18-5-2-1-3-6-18/h1-12,20,23H,13-17H2,(H,28,31). The Morgan fingerprint density at radius 1 is 0.875 bits per heavy atom. The van der Waals surface area contributed by atoms with Crippen molar-refractivity contribution in [1.29, 1.82) is 0 Å². The van der Waals surface area contributed by atoms with Crippen molar-refractivity contribution >= 4 is 17.0 Å². The maximum atomic E-state index is 13.1. The molecule has 32 heavy (non-hydrogen) atoms. The highest BCUT2D eigenvalue weighted by atomic mass is 16.3. The highest BCUT2D eigenvalue weighted by molar-refractivity contribution is 6.05. The summed E-state index contributed by atoms with van der Waals surface area (Å²) in [5, 5.41) is 3.27. The Bertz CT molecular complexity index is 1260. The van der Waals surface area contributed by atoms with Gasteiger partial charge in [-0.3, -0.25) is 4.79 Å². The molecular weight excluding hydrogens is 398 g/mol. The Morgan fingerprint density at radius 2 is 1.59 bits per heavy atom. The Balaban J connectivity index is 1.27. The molecule has 5 heteroatoms. The van der Waals surface area contributed by atoms with Crippen molar-refractivity contribution in [2.45, 2.75) is 18.9 Å². The topological polar surface area (TPSA) is 58.4 Å². The van der Waals surface area contributed by atoms with Crippen molar-refractivity contribution in [2.75, 3.05) is 19.6 Å². The van der Waals surface area contributed by atoms with Gasteiger partial charge in [0.05, 0.1) is 5.56 Å². The number of hydrogen-bond donors (Lipinski definition) is 1. The number of para-hydroxylation sites is 1. The summed E-state index contributed by atoms with van der Waals surface area (Å²) in [6.07, 6.45) is 2.34. The fraction of sp³-hybridized carbons (Fsp3) is 0.259. The van der Waals surface area contributed by atoms with Gasteiger partial charge >= 0.3 is 0 Å². The lowest BCUT2D eigenvalue weighted by Crippen LogP contribution is -2.57. The van der Waals surface area contributed by atoms with Crippen LogP contribution in [-0.2, 0) is 0 Å². The number of benzene rings is 3. The molecule has 3 saturated heterocycles. The molecule has 1 unspecified atom stereocenters. The molecule has 0 radical (unpaired) electrons. The summed E-state index contributed by atoms with van der Waals surface area (Å²) in [5.41, 5.74) is 5.04. The third-order valence-electron chi connectivity index (χ3n) is 6.88. The third-order valence-corrected chi connectivity index (χ3v) is 6.88. The van der Waals surface area contributed by atoms with Crippen LogP contribution in [0.2, 0.25) is 0 Å². The van der Waals surface area contributed by atoms with Crippen molar-refractivity contribution in [3.05, 3.63) is 78.4 Å². The number of oxazole rings is 1. The molecule has 3 aliphatic rings. The lowest BCUT2D eigenvalue weighted by Gasteiger charge is -2.44. The maximum Gasteiger partial charge on any atom is 0.253 e. The lowest BCUT2D eigenvalue weighted by molar-refractivity contribution is 0.0621. The second-order valence-corrected chi connectivity index (χ2v) is 8.83. The molecule has 3 aliphatic heterocycles. The number of amides is 1. The quantitative estimate of drug-likeness (QED) is 0.503. The molecule has 1 amide bonds. The normalized spacial score (nSPS) is 22.2. The molecule has 0 spiro atoms. The Labute approximate surface area is 187 Å². The van der Waals surface area contributed by atoms with Gasteiger partial charge in [-0.25, -0.2) is 4.98 Å². The third kappa shape index (κ3) is 3.49. The number of fused-ring (bicyclic) bond motifs is 4. The number of rotatable bonds is 4. The minimum Gasteiger partial charge on any atom is -0.436 e. The predicted molar refractivity (Wildman–Crippen MR) is 125 cm³/mol. The smallest absolute Gasteiger partial charge is 0.253 e. The van der Waals surface area contributed by atoms with Crippen LogP contribution in [0.4, 0.5) is 0 Å². The Morgan fingerprint density at radius 3 is 2.31 bits per heavy atom. The van der Waals surface area contributed by atoms with Gasteiger partial charge < -0.3 is 14.6 Å². The van der Waals surface area contributed by atoms with E-state index in [1.54, 1.807) is 0 Å². The van der Waals surface area contributed by atoms with E-state index in [0.717, 1.165) is 30.8 Å². The van der Waals surface area contributed by atoms with Gasteiger partial charge in [0.1, 0.15) is 5.52 Å². The SMILES string of the molecule is O=C(NC1CN2CCC1CC2)c1cccc2oc(-c3ccc(-c4ccccc4)cc3)nc12. The monoisotopic (exact) mass is 423 g/mol. The molecule has 0 aliphatic carbocycles. The maximum absolute atomic E-state index is 13.1. The van der Waals surface area contributed by atoms with E-state index >= 15 is 0 Å². The first kappa shape index (κ1) is 19.3. The zero-order valence-electron chi connectivity index (χ0n) is 17.8. The van der Waals surface area contributed by atoms with Crippen LogP contribution < -0.4 is 5.32 Å². The molecule has 0 saturated carbocycles. The van der Waals surface area contributed by atoms with Gasteiger partial charge in [0.2, 0.25) is 5.89 Å². The molecule has 1 N–H and O–H groups in total. The van der Waals surface area contributed by atoms with Gasteiger partial charge in [-0.1, -0.05) is 48.5 Å². The van der Waals surface area contributed by atoms with Gasteiger partial charge in [0.15, 0.2) is 5.58 Å². The molecule has 1 atom stereocenters. The van der Waals surface area contributed by atoms with Crippen molar-refractivity contribution in [3.8, 4) is 22.6 Å². The molecule has 7 rings (SSSR count). The predicted octanol–water partition coefficient (Wildman–Crippen LogP) is 4.99. The van der Waals surface area contributed by atoms with Crippen LogP contribution in [0.25, 0.3) is 33.7 Å². The van der Waals surface area contributed by atoms with Gasteiger partial charge in [0.25, 0.3) is 5.91 Å². The average Bonchev–Trinajstić information content (AvgIpc) is 3.30. The fourth-order valence-corrected chi connectivity index (χ4v) is 5.07. The lowest BCUT2D eigenvalue weighted by atomic mass is 9.84. The number of nitrogens with zero attached hydrogens (tertiary/aromatic N) is 2. The van der Waals surface area contributed by atoms with Crippen LogP contribution in [0.1, 0.15) is 23.2 Å². The van der Waals surface area contributed by atoms with Gasteiger partial charge in [-0.2, -0.15) is 0 Å². The molecular formula is C27H25N3O2. The molecule has 3 fully saturated rings. The zero-order valence-corrected chi connectivity index (χ0v) is 17.8. The first-order valence-electron chi connectivity index (χ1n) is 11.3. The Hall–Kier alpha value is -3.44. The molecule has 5 nitrogen and oxygen atoms in total. The molecule has 1 aromatic heterocycles. The van der Waals surface area contributed by atoms with Crippen LogP contribution in [0.15, 0.2) is 77.2 Å². The molecule has 160 valence electrons. The van der Waals surface area contributed by atoms with E-state index in [9.17, 15) is 4.79 Å². The highest BCUT2D eigenvalue weighted by Crippen LogP contribution is 2.30. The summed E-state index contributed by atoms with van der Waals surface area (Å²) >= 11 is 0. The molecule has 4 heterocycles. The summed E-state index contributed by atoms with van der Waals surface area (Å²) in [4.78, 5) is 20.3. The van der Waals surface area contributed by atoms with Crippen molar-refractivity contribution in [3.63, 3.8) is 0 Å². The Kier molecular flexibility index (Phi) is 4.76.